The fourth-order valence-corrected chi connectivity index (χ4v) is 2.33. The Hall–Kier alpha value is -3.04. The molecular weight excluding hydrogens is 345 g/mol. The van der Waals surface area contributed by atoms with Gasteiger partial charge in [-0.2, -0.15) is 13.2 Å². The molecule has 1 amide bonds. The lowest BCUT2D eigenvalue weighted by atomic mass is 10.0. The standard InChI is InChI=1S/C15H13F3N2O5/c1-20-8-5-3-4-7(15(16,17)18)10(8)12(22)11(14(20)24)13(23)19-6-9(21)25-2/h3-5,22H,6H2,1-2H3,(H,19,23). The number of pyridine rings is 1. The fraction of sp³-hybridized carbons (Fsp3) is 0.267. The van der Waals surface area contributed by atoms with Crippen molar-refractivity contribution in [1.82, 2.24) is 9.88 Å². The van der Waals surface area contributed by atoms with E-state index in [4.69, 9.17) is 0 Å². The van der Waals surface area contributed by atoms with Gasteiger partial charge < -0.3 is 19.7 Å². The van der Waals surface area contributed by atoms with E-state index < -0.39 is 52.4 Å². The molecule has 7 nitrogen and oxygen atoms in total. The number of aromatic nitrogens is 1. The number of benzene rings is 1. The molecule has 0 saturated carbocycles. The van der Waals surface area contributed by atoms with Gasteiger partial charge >= 0.3 is 12.1 Å². The zero-order valence-electron chi connectivity index (χ0n) is 13.1. The van der Waals surface area contributed by atoms with E-state index in [0.29, 0.717) is 0 Å². The average Bonchev–Trinajstić information content (AvgIpc) is 2.56. The molecule has 0 radical (unpaired) electrons. The summed E-state index contributed by atoms with van der Waals surface area (Å²) < 4.78 is 44.7. The molecule has 0 aliphatic heterocycles. The highest BCUT2D eigenvalue weighted by atomic mass is 19.4. The van der Waals surface area contributed by atoms with Gasteiger partial charge in [-0.3, -0.25) is 14.4 Å². The minimum absolute atomic E-state index is 0.193. The van der Waals surface area contributed by atoms with Crippen LogP contribution in [-0.4, -0.2) is 35.2 Å². The molecule has 0 bridgehead atoms. The third-order valence-electron chi connectivity index (χ3n) is 3.55. The highest BCUT2D eigenvalue weighted by molar-refractivity contribution is 6.04. The molecule has 10 heteroatoms. The summed E-state index contributed by atoms with van der Waals surface area (Å²) in [4.78, 5) is 35.4. The molecular formula is C15H13F3N2O5. The first-order valence-electron chi connectivity index (χ1n) is 6.86. The van der Waals surface area contributed by atoms with Gasteiger partial charge in [0.25, 0.3) is 11.5 Å². The Morgan fingerprint density at radius 3 is 2.52 bits per heavy atom. The number of nitrogens with zero attached hydrogens (tertiary/aromatic N) is 1. The molecule has 0 atom stereocenters. The molecule has 1 aromatic carbocycles. The van der Waals surface area contributed by atoms with Gasteiger partial charge in [0.1, 0.15) is 17.9 Å². The maximum atomic E-state index is 13.2. The SMILES string of the molecule is COC(=O)CNC(=O)c1c(O)c2c(C(F)(F)F)cccc2n(C)c1=O. The molecule has 0 aliphatic rings. The first-order valence-corrected chi connectivity index (χ1v) is 6.86. The normalized spacial score (nSPS) is 11.4. The van der Waals surface area contributed by atoms with E-state index in [2.05, 4.69) is 4.74 Å². The lowest BCUT2D eigenvalue weighted by Crippen LogP contribution is -2.35. The third kappa shape index (κ3) is 3.28. The van der Waals surface area contributed by atoms with Gasteiger partial charge in [-0.1, -0.05) is 6.07 Å². The molecule has 0 saturated heterocycles. The first-order chi connectivity index (χ1) is 11.6. The minimum Gasteiger partial charge on any atom is -0.506 e. The van der Waals surface area contributed by atoms with Crippen molar-refractivity contribution in [2.75, 3.05) is 13.7 Å². The average molecular weight is 358 g/mol. The fourth-order valence-electron chi connectivity index (χ4n) is 2.33. The van der Waals surface area contributed by atoms with Crippen LogP contribution in [0.25, 0.3) is 10.9 Å². The molecule has 1 heterocycles. The van der Waals surface area contributed by atoms with Crippen LogP contribution in [0.1, 0.15) is 15.9 Å². The number of aromatic hydroxyl groups is 1. The van der Waals surface area contributed by atoms with E-state index in [1.807, 2.05) is 5.32 Å². The highest BCUT2D eigenvalue weighted by Gasteiger charge is 2.35. The van der Waals surface area contributed by atoms with Crippen LogP contribution in [-0.2, 0) is 22.8 Å². The molecule has 0 unspecified atom stereocenters. The Kier molecular flexibility index (Phi) is 4.73. The van der Waals surface area contributed by atoms with Gasteiger partial charge in [0.15, 0.2) is 0 Å². The number of halogens is 3. The minimum atomic E-state index is -4.81. The number of hydrogen-bond acceptors (Lipinski definition) is 5. The van der Waals surface area contributed by atoms with Crippen molar-refractivity contribution >= 4 is 22.8 Å². The Labute approximate surface area is 138 Å². The summed E-state index contributed by atoms with van der Waals surface area (Å²) in [6.07, 6.45) is -4.81. The number of carbonyl (C=O) groups is 2. The molecule has 0 spiro atoms. The predicted molar refractivity (Wildman–Crippen MR) is 80.2 cm³/mol. The van der Waals surface area contributed by atoms with Crippen molar-refractivity contribution in [3.05, 3.63) is 39.7 Å². The number of ether oxygens (including phenoxy) is 1. The van der Waals surface area contributed by atoms with Crippen molar-refractivity contribution < 1.29 is 32.6 Å². The van der Waals surface area contributed by atoms with Crippen LogP contribution in [0, 0.1) is 0 Å². The van der Waals surface area contributed by atoms with Crippen LogP contribution in [0.3, 0.4) is 0 Å². The number of hydrogen-bond donors (Lipinski definition) is 2. The lowest BCUT2D eigenvalue weighted by Gasteiger charge is -2.16. The van der Waals surface area contributed by atoms with Crippen molar-refractivity contribution in [2.45, 2.75) is 6.18 Å². The van der Waals surface area contributed by atoms with E-state index in [-0.39, 0.29) is 5.52 Å². The Morgan fingerprint density at radius 1 is 1.32 bits per heavy atom. The van der Waals surface area contributed by atoms with Crippen LogP contribution in [0.5, 0.6) is 5.75 Å². The monoisotopic (exact) mass is 358 g/mol. The second-order valence-corrected chi connectivity index (χ2v) is 5.04. The van der Waals surface area contributed by atoms with E-state index in [1.54, 1.807) is 0 Å². The molecule has 0 aliphatic carbocycles. The molecule has 0 fully saturated rings. The molecule has 2 rings (SSSR count). The number of fused-ring (bicyclic) bond motifs is 1. The van der Waals surface area contributed by atoms with Crippen LogP contribution >= 0.6 is 0 Å². The van der Waals surface area contributed by atoms with Crippen LogP contribution in [0.2, 0.25) is 0 Å². The largest absolute Gasteiger partial charge is 0.506 e. The zero-order valence-corrected chi connectivity index (χ0v) is 13.1. The Bertz CT molecular complexity index is 918. The van der Waals surface area contributed by atoms with Crippen molar-refractivity contribution in [1.29, 1.82) is 0 Å². The van der Waals surface area contributed by atoms with E-state index in [9.17, 15) is 32.7 Å². The van der Waals surface area contributed by atoms with Crippen molar-refractivity contribution in [2.24, 2.45) is 7.05 Å². The topological polar surface area (TPSA) is 97.6 Å². The summed E-state index contributed by atoms with van der Waals surface area (Å²) in [6, 6.07) is 3.02. The van der Waals surface area contributed by atoms with Crippen LogP contribution in [0.15, 0.2) is 23.0 Å². The summed E-state index contributed by atoms with van der Waals surface area (Å²) in [6.45, 7) is -0.614. The quantitative estimate of drug-likeness (QED) is 0.803. The van der Waals surface area contributed by atoms with E-state index in [0.717, 1.165) is 23.8 Å². The first kappa shape index (κ1) is 18.3. The number of carbonyl (C=O) groups excluding carboxylic acids is 2. The number of esters is 1. The zero-order chi connectivity index (χ0) is 18.9. The molecule has 2 N–H and O–H groups in total. The smallest absolute Gasteiger partial charge is 0.417 e. The Morgan fingerprint density at radius 2 is 1.96 bits per heavy atom. The highest BCUT2D eigenvalue weighted by Crippen LogP contribution is 2.38. The predicted octanol–water partition coefficient (Wildman–Crippen LogP) is 1.17. The summed E-state index contributed by atoms with van der Waals surface area (Å²) in [5, 5.41) is 11.5. The number of amides is 1. The van der Waals surface area contributed by atoms with Crippen molar-refractivity contribution in [3.8, 4) is 5.75 Å². The van der Waals surface area contributed by atoms with E-state index in [1.165, 1.54) is 13.1 Å². The number of aryl methyl sites for hydroxylation is 1. The van der Waals surface area contributed by atoms with Gasteiger partial charge in [0, 0.05) is 7.05 Å². The summed E-state index contributed by atoms with van der Waals surface area (Å²) in [7, 11) is 2.23. The van der Waals surface area contributed by atoms with Crippen LogP contribution in [0.4, 0.5) is 13.2 Å². The second-order valence-electron chi connectivity index (χ2n) is 5.04. The van der Waals surface area contributed by atoms with Gasteiger partial charge in [-0.15, -0.1) is 0 Å². The maximum absolute atomic E-state index is 13.2. The molecule has 2 aromatic rings. The third-order valence-corrected chi connectivity index (χ3v) is 3.55. The van der Waals surface area contributed by atoms with E-state index >= 15 is 0 Å². The van der Waals surface area contributed by atoms with Crippen LogP contribution < -0.4 is 10.9 Å². The summed E-state index contributed by atoms with van der Waals surface area (Å²) in [5.74, 6) is -3.13. The van der Waals surface area contributed by atoms with Gasteiger partial charge in [0.2, 0.25) is 0 Å². The van der Waals surface area contributed by atoms with Gasteiger partial charge in [-0.25, -0.2) is 0 Å². The number of methoxy groups -OCH3 is 1. The molecule has 1 aromatic heterocycles. The summed E-state index contributed by atoms with van der Waals surface area (Å²) in [5.41, 5.74) is -3.29. The number of nitrogens with one attached hydrogen (secondary N) is 1. The van der Waals surface area contributed by atoms with Gasteiger partial charge in [-0.05, 0) is 12.1 Å². The second kappa shape index (κ2) is 6.46. The maximum Gasteiger partial charge on any atom is 0.417 e. The lowest BCUT2D eigenvalue weighted by molar-refractivity contribution is -0.139. The Balaban J connectivity index is 2.72. The summed E-state index contributed by atoms with van der Waals surface area (Å²) >= 11 is 0. The van der Waals surface area contributed by atoms with Gasteiger partial charge in [0.05, 0.1) is 23.6 Å². The molecule has 134 valence electrons. The number of rotatable bonds is 3. The molecule has 25 heavy (non-hydrogen) atoms. The van der Waals surface area contributed by atoms with Crippen molar-refractivity contribution in [3.63, 3.8) is 0 Å². The number of alkyl halides is 3.